The Kier molecular flexibility index (Phi) is 3.48. The summed E-state index contributed by atoms with van der Waals surface area (Å²) in [5, 5.41) is 16.6. The number of nitrogens with zero attached hydrogens (tertiary/aromatic N) is 3. The summed E-state index contributed by atoms with van der Waals surface area (Å²) in [6, 6.07) is 14.5. The zero-order valence-corrected chi connectivity index (χ0v) is 11.4. The molecule has 1 aromatic heterocycles. The van der Waals surface area contributed by atoms with Crippen molar-refractivity contribution in [1.82, 2.24) is 14.8 Å². The fourth-order valence-electron chi connectivity index (χ4n) is 2.43. The number of benzene rings is 2. The van der Waals surface area contributed by atoms with E-state index in [1.807, 2.05) is 19.2 Å². The molecule has 4 nitrogen and oxygen atoms in total. The maximum absolute atomic E-state index is 10.2. The highest BCUT2D eigenvalue weighted by Gasteiger charge is 2.10. The fourth-order valence-corrected chi connectivity index (χ4v) is 2.43. The Labute approximate surface area is 117 Å². The van der Waals surface area contributed by atoms with E-state index in [1.165, 1.54) is 17.1 Å². The van der Waals surface area contributed by atoms with Crippen LogP contribution in [0.1, 0.15) is 11.4 Å². The second-order valence-electron chi connectivity index (χ2n) is 5.04. The lowest BCUT2D eigenvalue weighted by Gasteiger charge is -2.10. The third-order valence-electron chi connectivity index (χ3n) is 3.51. The summed E-state index contributed by atoms with van der Waals surface area (Å²) in [4.78, 5) is 4.14. The maximum Gasteiger partial charge on any atom is 0.138 e. The molecule has 0 amide bonds. The molecule has 0 bridgehead atoms. The zero-order valence-electron chi connectivity index (χ0n) is 11.4. The molecule has 1 atom stereocenters. The van der Waals surface area contributed by atoms with E-state index in [0.717, 1.165) is 11.4 Å². The summed E-state index contributed by atoms with van der Waals surface area (Å²) < 4.78 is 1.70. The third-order valence-corrected chi connectivity index (χ3v) is 3.51. The number of aliphatic hydroxyl groups excluding tert-OH is 1. The molecule has 0 spiro atoms. The van der Waals surface area contributed by atoms with E-state index in [1.54, 1.807) is 4.68 Å². The second kappa shape index (κ2) is 5.43. The normalized spacial score (nSPS) is 12.7. The first-order valence-electron chi connectivity index (χ1n) is 6.71. The summed E-state index contributed by atoms with van der Waals surface area (Å²) in [5.41, 5.74) is 1.14. The van der Waals surface area contributed by atoms with Gasteiger partial charge in [-0.25, -0.2) is 4.98 Å². The van der Waals surface area contributed by atoms with Gasteiger partial charge in [0.05, 0.1) is 6.10 Å². The number of hydrogen-bond acceptors (Lipinski definition) is 3. The average Bonchev–Trinajstić information content (AvgIpc) is 2.84. The predicted octanol–water partition coefficient (Wildman–Crippen LogP) is 2.11. The van der Waals surface area contributed by atoms with Crippen molar-refractivity contribution in [3.63, 3.8) is 0 Å². The Hall–Kier alpha value is -2.20. The molecule has 0 aliphatic heterocycles. The van der Waals surface area contributed by atoms with Crippen LogP contribution in [0.15, 0.2) is 48.8 Å². The van der Waals surface area contributed by atoms with E-state index in [2.05, 4.69) is 40.4 Å². The minimum Gasteiger partial charge on any atom is -0.392 e. The van der Waals surface area contributed by atoms with Crippen molar-refractivity contribution in [1.29, 1.82) is 0 Å². The maximum atomic E-state index is 10.2. The molecule has 20 heavy (non-hydrogen) atoms. The van der Waals surface area contributed by atoms with Crippen molar-refractivity contribution in [2.45, 2.75) is 18.9 Å². The molecule has 1 heterocycles. The van der Waals surface area contributed by atoms with Gasteiger partial charge in [0.15, 0.2) is 0 Å². The van der Waals surface area contributed by atoms with Crippen LogP contribution in [0.3, 0.4) is 0 Å². The molecule has 1 unspecified atom stereocenters. The quantitative estimate of drug-likeness (QED) is 0.787. The van der Waals surface area contributed by atoms with E-state index in [4.69, 9.17) is 0 Å². The van der Waals surface area contributed by atoms with Crippen molar-refractivity contribution in [3.05, 3.63) is 60.2 Å². The molecule has 0 aliphatic rings. The molecule has 4 heteroatoms. The van der Waals surface area contributed by atoms with Gasteiger partial charge in [-0.2, -0.15) is 5.10 Å². The first-order valence-corrected chi connectivity index (χ1v) is 6.71. The van der Waals surface area contributed by atoms with Crippen molar-refractivity contribution in [3.8, 4) is 0 Å². The lowest BCUT2D eigenvalue weighted by atomic mass is 10.0. The molecule has 0 aliphatic carbocycles. The van der Waals surface area contributed by atoms with Gasteiger partial charge in [0.1, 0.15) is 12.2 Å². The van der Waals surface area contributed by atoms with E-state index in [-0.39, 0.29) is 0 Å². The summed E-state index contributed by atoms with van der Waals surface area (Å²) >= 11 is 0. The van der Waals surface area contributed by atoms with Gasteiger partial charge in [0, 0.05) is 13.5 Å². The number of hydrogen-bond donors (Lipinski definition) is 1. The minimum absolute atomic E-state index is 0.445. The summed E-state index contributed by atoms with van der Waals surface area (Å²) in [7, 11) is 1.84. The van der Waals surface area contributed by atoms with Gasteiger partial charge < -0.3 is 5.11 Å². The molecular weight excluding hydrogens is 250 g/mol. The van der Waals surface area contributed by atoms with E-state index in [0.29, 0.717) is 12.8 Å². The molecule has 0 radical (unpaired) electrons. The molecule has 3 aromatic rings. The fraction of sp³-hybridized carbons (Fsp3) is 0.250. The molecular formula is C16H17N3O. The highest BCUT2D eigenvalue weighted by atomic mass is 16.3. The number of rotatable bonds is 4. The van der Waals surface area contributed by atoms with Gasteiger partial charge in [0.25, 0.3) is 0 Å². The van der Waals surface area contributed by atoms with E-state index < -0.39 is 6.10 Å². The first-order chi connectivity index (χ1) is 9.72. The SMILES string of the molecule is Cn1ncnc1CC(O)Cc1ccc2ccccc2c1. The van der Waals surface area contributed by atoms with Crippen LogP contribution in [0, 0.1) is 0 Å². The Morgan fingerprint density at radius 1 is 1.10 bits per heavy atom. The monoisotopic (exact) mass is 267 g/mol. The van der Waals surface area contributed by atoms with Crippen LogP contribution >= 0.6 is 0 Å². The highest BCUT2D eigenvalue weighted by Crippen LogP contribution is 2.17. The molecule has 0 saturated carbocycles. The predicted molar refractivity (Wildman–Crippen MR) is 78.4 cm³/mol. The van der Waals surface area contributed by atoms with Crippen LogP contribution in [-0.4, -0.2) is 26.0 Å². The molecule has 0 fully saturated rings. The average molecular weight is 267 g/mol. The number of aromatic nitrogens is 3. The Balaban J connectivity index is 1.74. The lowest BCUT2D eigenvalue weighted by Crippen LogP contribution is -2.16. The topological polar surface area (TPSA) is 50.9 Å². The van der Waals surface area contributed by atoms with Crippen LogP contribution in [0.25, 0.3) is 10.8 Å². The van der Waals surface area contributed by atoms with Crippen LogP contribution in [0.4, 0.5) is 0 Å². The van der Waals surface area contributed by atoms with Gasteiger partial charge >= 0.3 is 0 Å². The standard InChI is InChI=1S/C16H17N3O/c1-19-16(17-11-18-19)10-15(20)9-12-6-7-13-4-2-3-5-14(13)8-12/h2-8,11,15,20H,9-10H2,1H3. The summed E-state index contributed by atoms with van der Waals surface area (Å²) in [6.07, 6.45) is 2.21. The number of aliphatic hydroxyl groups is 1. The van der Waals surface area contributed by atoms with Crippen molar-refractivity contribution in [2.75, 3.05) is 0 Å². The number of fused-ring (bicyclic) bond motifs is 1. The van der Waals surface area contributed by atoms with Crippen LogP contribution in [0.5, 0.6) is 0 Å². The van der Waals surface area contributed by atoms with E-state index >= 15 is 0 Å². The van der Waals surface area contributed by atoms with Gasteiger partial charge in [0.2, 0.25) is 0 Å². The molecule has 1 N–H and O–H groups in total. The largest absolute Gasteiger partial charge is 0.392 e. The van der Waals surface area contributed by atoms with Crippen LogP contribution in [0.2, 0.25) is 0 Å². The minimum atomic E-state index is -0.445. The Bertz CT molecular complexity index is 720. The van der Waals surface area contributed by atoms with Gasteiger partial charge in [-0.1, -0.05) is 42.5 Å². The summed E-state index contributed by atoms with van der Waals surface area (Å²) in [5.74, 6) is 0.804. The highest BCUT2D eigenvalue weighted by molar-refractivity contribution is 5.82. The third kappa shape index (κ3) is 2.70. The van der Waals surface area contributed by atoms with Gasteiger partial charge in [-0.3, -0.25) is 4.68 Å². The van der Waals surface area contributed by atoms with Crippen LogP contribution in [-0.2, 0) is 19.9 Å². The van der Waals surface area contributed by atoms with Crippen molar-refractivity contribution in [2.24, 2.45) is 7.05 Å². The van der Waals surface area contributed by atoms with Gasteiger partial charge in [-0.15, -0.1) is 0 Å². The Morgan fingerprint density at radius 3 is 2.65 bits per heavy atom. The number of aryl methyl sites for hydroxylation is 1. The molecule has 102 valence electrons. The Morgan fingerprint density at radius 2 is 1.90 bits per heavy atom. The van der Waals surface area contributed by atoms with Crippen LogP contribution < -0.4 is 0 Å². The summed E-state index contributed by atoms with van der Waals surface area (Å²) in [6.45, 7) is 0. The molecule has 3 rings (SSSR count). The smallest absolute Gasteiger partial charge is 0.138 e. The molecule has 2 aromatic carbocycles. The molecule has 0 saturated heterocycles. The lowest BCUT2D eigenvalue weighted by molar-refractivity contribution is 0.171. The van der Waals surface area contributed by atoms with Gasteiger partial charge in [-0.05, 0) is 22.8 Å². The van der Waals surface area contributed by atoms with Crippen molar-refractivity contribution < 1.29 is 5.11 Å². The zero-order chi connectivity index (χ0) is 13.9. The van der Waals surface area contributed by atoms with E-state index in [9.17, 15) is 5.11 Å². The van der Waals surface area contributed by atoms with Crippen molar-refractivity contribution >= 4 is 10.8 Å². The first kappa shape index (κ1) is 12.8. The second-order valence-corrected chi connectivity index (χ2v) is 5.04.